The molecule has 0 spiro atoms. The summed E-state index contributed by atoms with van der Waals surface area (Å²) >= 11 is 0. The summed E-state index contributed by atoms with van der Waals surface area (Å²) in [6.45, 7) is 4.29. The first-order valence-electron chi connectivity index (χ1n) is 7.77. The smallest absolute Gasteiger partial charge is 0.226 e. The van der Waals surface area contributed by atoms with E-state index in [1.165, 1.54) is 4.31 Å². The second kappa shape index (κ2) is 6.00. The van der Waals surface area contributed by atoms with Crippen LogP contribution in [0.3, 0.4) is 0 Å². The standard InChI is InChI=1S/C14H22N4O3S/c1-2-22(20,21)18-7-5-16(6-8-18)14(19)12-3-4-17-11-15-10-13(17)9-12/h10-12H,2-9H2,1H3. The predicted molar refractivity (Wildman–Crippen MR) is 81.7 cm³/mol. The number of hydrogen-bond donors (Lipinski definition) is 0. The molecule has 22 heavy (non-hydrogen) atoms. The quantitative estimate of drug-likeness (QED) is 0.780. The minimum atomic E-state index is -3.14. The van der Waals surface area contributed by atoms with E-state index in [1.807, 2.05) is 17.4 Å². The lowest BCUT2D eigenvalue weighted by atomic mass is 9.94. The minimum absolute atomic E-state index is 0.00136. The predicted octanol–water partition coefficient (Wildman–Crippen LogP) is -0.0606. The number of hydrogen-bond acceptors (Lipinski definition) is 4. The molecule has 7 nitrogen and oxygen atoms in total. The zero-order valence-corrected chi connectivity index (χ0v) is 13.6. The van der Waals surface area contributed by atoms with E-state index < -0.39 is 10.0 Å². The van der Waals surface area contributed by atoms with Crippen LogP contribution < -0.4 is 0 Å². The largest absolute Gasteiger partial charge is 0.340 e. The second-order valence-corrected chi connectivity index (χ2v) is 8.15. The highest BCUT2D eigenvalue weighted by Crippen LogP contribution is 2.22. The van der Waals surface area contributed by atoms with Gasteiger partial charge in [-0.25, -0.2) is 13.4 Å². The maximum absolute atomic E-state index is 12.6. The van der Waals surface area contributed by atoms with Crippen LogP contribution in [-0.2, 0) is 27.8 Å². The number of carbonyl (C=O) groups excluding carboxylic acids is 1. The SMILES string of the molecule is CCS(=O)(=O)N1CCN(C(=O)C2CCn3cncc3C2)CC1. The van der Waals surface area contributed by atoms with Crippen molar-refractivity contribution >= 4 is 15.9 Å². The van der Waals surface area contributed by atoms with Gasteiger partial charge in [0.25, 0.3) is 0 Å². The molecule has 0 saturated carbocycles. The Labute approximate surface area is 131 Å². The van der Waals surface area contributed by atoms with Crippen molar-refractivity contribution in [2.75, 3.05) is 31.9 Å². The van der Waals surface area contributed by atoms with Crippen LogP contribution in [0.4, 0.5) is 0 Å². The Morgan fingerprint density at radius 1 is 1.27 bits per heavy atom. The Bertz CT molecular complexity index is 647. The molecule has 0 radical (unpaired) electrons. The molecule has 1 aromatic heterocycles. The van der Waals surface area contributed by atoms with Crippen molar-refractivity contribution in [3.8, 4) is 0 Å². The highest BCUT2D eigenvalue weighted by atomic mass is 32.2. The number of nitrogens with zero attached hydrogens (tertiary/aromatic N) is 4. The Morgan fingerprint density at radius 3 is 2.68 bits per heavy atom. The lowest BCUT2D eigenvalue weighted by molar-refractivity contribution is -0.137. The third kappa shape index (κ3) is 2.89. The molecule has 0 aromatic carbocycles. The highest BCUT2D eigenvalue weighted by molar-refractivity contribution is 7.89. The van der Waals surface area contributed by atoms with E-state index in [1.54, 1.807) is 6.92 Å². The summed E-state index contributed by atoms with van der Waals surface area (Å²) in [5, 5.41) is 0. The van der Waals surface area contributed by atoms with Gasteiger partial charge < -0.3 is 9.47 Å². The average molecular weight is 326 g/mol. The number of aromatic nitrogens is 2. The van der Waals surface area contributed by atoms with Crippen LogP contribution in [0.5, 0.6) is 0 Å². The zero-order chi connectivity index (χ0) is 15.7. The Hall–Kier alpha value is -1.41. The number of aryl methyl sites for hydroxylation is 1. The topological polar surface area (TPSA) is 75.5 Å². The van der Waals surface area contributed by atoms with Gasteiger partial charge in [-0.3, -0.25) is 4.79 Å². The Balaban J connectivity index is 1.59. The molecule has 1 unspecified atom stereocenters. The number of sulfonamides is 1. The fraction of sp³-hybridized carbons (Fsp3) is 0.714. The van der Waals surface area contributed by atoms with E-state index >= 15 is 0 Å². The van der Waals surface area contributed by atoms with Crippen molar-refractivity contribution in [3.05, 3.63) is 18.2 Å². The summed E-state index contributed by atoms with van der Waals surface area (Å²) in [4.78, 5) is 18.6. The van der Waals surface area contributed by atoms with E-state index in [4.69, 9.17) is 0 Å². The van der Waals surface area contributed by atoms with E-state index in [9.17, 15) is 13.2 Å². The monoisotopic (exact) mass is 326 g/mol. The second-order valence-electron chi connectivity index (χ2n) is 5.89. The fourth-order valence-electron chi connectivity index (χ4n) is 3.21. The fourth-order valence-corrected chi connectivity index (χ4v) is 4.29. The average Bonchev–Trinajstić information content (AvgIpc) is 3.02. The van der Waals surface area contributed by atoms with E-state index in [2.05, 4.69) is 9.55 Å². The normalized spacial score (nSPS) is 23.3. The van der Waals surface area contributed by atoms with Gasteiger partial charge in [-0.1, -0.05) is 0 Å². The summed E-state index contributed by atoms with van der Waals surface area (Å²) in [5.74, 6) is 0.271. The summed E-state index contributed by atoms with van der Waals surface area (Å²) in [6.07, 6.45) is 5.19. The molecule has 1 aromatic rings. The molecule has 0 bridgehead atoms. The molecule has 1 saturated heterocycles. The molecular weight excluding hydrogens is 304 g/mol. The first-order valence-corrected chi connectivity index (χ1v) is 9.38. The van der Waals surface area contributed by atoms with Gasteiger partial charge in [0, 0.05) is 57.0 Å². The van der Waals surface area contributed by atoms with Gasteiger partial charge in [-0.15, -0.1) is 0 Å². The van der Waals surface area contributed by atoms with E-state index in [-0.39, 0.29) is 17.6 Å². The van der Waals surface area contributed by atoms with Crippen LogP contribution in [0, 0.1) is 5.92 Å². The molecule has 1 amide bonds. The van der Waals surface area contributed by atoms with Crippen LogP contribution in [-0.4, -0.2) is 65.0 Å². The van der Waals surface area contributed by atoms with Crippen molar-refractivity contribution in [3.63, 3.8) is 0 Å². The molecule has 0 N–H and O–H groups in total. The lowest BCUT2D eigenvalue weighted by Crippen LogP contribution is -2.52. The molecule has 0 aliphatic carbocycles. The van der Waals surface area contributed by atoms with Crippen LogP contribution in [0.1, 0.15) is 19.0 Å². The van der Waals surface area contributed by atoms with Gasteiger partial charge in [0.1, 0.15) is 0 Å². The maximum atomic E-state index is 12.6. The number of carbonyl (C=O) groups is 1. The summed E-state index contributed by atoms with van der Waals surface area (Å²) in [7, 11) is -3.14. The van der Waals surface area contributed by atoms with Gasteiger partial charge in [-0.05, 0) is 13.3 Å². The number of amides is 1. The lowest BCUT2D eigenvalue weighted by Gasteiger charge is -2.36. The van der Waals surface area contributed by atoms with Crippen molar-refractivity contribution in [2.24, 2.45) is 5.92 Å². The third-order valence-electron chi connectivity index (χ3n) is 4.63. The summed E-state index contributed by atoms with van der Waals surface area (Å²) in [5.41, 5.74) is 1.11. The summed E-state index contributed by atoms with van der Waals surface area (Å²) in [6, 6.07) is 0. The van der Waals surface area contributed by atoms with Crippen molar-refractivity contribution < 1.29 is 13.2 Å². The van der Waals surface area contributed by atoms with Gasteiger partial charge in [0.2, 0.25) is 15.9 Å². The molecule has 2 aliphatic rings. The van der Waals surface area contributed by atoms with Crippen molar-refractivity contribution in [2.45, 2.75) is 26.3 Å². The Kier molecular flexibility index (Phi) is 4.22. The molecule has 8 heteroatoms. The van der Waals surface area contributed by atoms with Crippen LogP contribution in [0.2, 0.25) is 0 Å². The highest BCUT2D eigenvalue weighted by Gasteiger charge is 2.32. The molecule has 1 fully saturated rings. The van der Waals surface area contributed by atoms with Crippen LogP contribution in [0.15, 0.2) is 12.5 Å². The number of imidazole rings is 1. The van der Waals surface area contributed by atoms with Crippen molar-refractivity contribution in [1.29, 1.82) is 0 Å². The molecule has 1 atom stereocenters. The van der Waals surface area contributed by atoms with Gasteiger partial charge in [0.05, 0.1) is 12.1 Å². The van der Waals surface area contributed by atoms with E-state index in [0.717, 1.165) is 25.1 Å². The van der Waals surface area contributed by atoms with Crippen LogP contribution >= 0.6 is 0 Å². The first-order chi connectivity index (χ1) is 10.5. The van der Waals surface area contributed by atoms with Gasteiger partial charge in [0.15, 0.2) is 0 Å². The van der Waals surface area contributed by atoms with Crippen molar-refractivity contribution in [1.82, 2.24) is 18.8 Å². The zero-order valence-electron chi connectivity index (χ0n) is 12.8. The van der Waals surface area contributed by atoms with Crippen LogP contribution in [0.25, 0.3) is 0 Å². The molecule has 3 heterocycles. The van der Waals surface area contributed by atoms with Gasteiger partial charge >= 0.3 is 0 Å². The third-order valence-corrected chi connectivity index (χ3v) is 6.51. The number of piperazine rings is 1. The summed E-state index contributed by atoms with van der Waals surface area (Å²) < 4.78 is 27.3. The van der Waals surface area contributed by atoms with Gasteiger partial charge in [-0.2, -0.15) is 4.31 Å². The first kappa shape index (κ1) is 15.5. The number of fused-ring (bicyclic) bond motifs is 1. The minimum Gasteiger partial charge on any atom is -0.340 e. The number of rotatable bonds is 3. The molecule has 122 valence electrons. The molecule has 3 rings (SSSR count). The molecule has 2 aliphatic heterocycles. The van der Waals surface area contributed by atoms with E-state index in [0.29, 0.717) is 26.2 Å². The Morgan fingerprint density at radius 2 is 2.00 bits per heavy atom. The molecular formula is C14H22N4O3S. The maximum Gasteiger partial charge on any atom is 0.226 e.